The van der Waals surface area contributed by atoms with Crippen molar-refractivity contribution in [1.29, 1.82) is 0 Å². The SMILES string of the molecule is O=C1CC2(CCCC2)C(=O)N1CCCc1ncn[nH]1. The van der Waals surface area contributed by atoms with E-state index in [-0.39, 0.29) is 17.2 Å². The molecule has 2 heterocycles. The van der Waals surface area contributed by atoms with Crippen molar-refractivity contribution in [3.63, 3.8) is 0 Å². The van der Waals surface area contributed by atoms with Crippen LogP contribution in [0.25, 0.3) is 0 Å². The molecule has 0 bridgehead atoms. The van der Waals surface area contributed by atoms with Crippen LogP contribution in [0.4, 0.5) is 0 Å². The molecule has 2 aliphatic rings. The van der Waals surface area contributed by atoms with Crippen LogP contribution in [0.2, 0.25) is 0 Å². The monoisotopic (exact) mass is 262 g/mol. The Morgan fingerprint density at radius 1 is 1.32 bits per heavy atom. The summed E-state index contributed by atoms with van der Waals surface area (Å²) < 4.78 is 0. The van der Waals surface area contributed by atoms with Gasteiger partial charge < -0.3 is 0 Å². The zero-order valence-electron chi connectivity index (χ0n) is 10.9. The molecule has 1 N–H and O–H groups in total. The van der Waals surface area contributed by atoms with E-state index in [1.54, 1.807) is 0 Å². The van der Waals surface area contributed by atoms with Gasteiger partial charge in [-0.05, 0) is 19.3 Å². The van der Waals surface area contributed by atoms with E-state index < -0.39 is 0 Å². The van der Waals surface area contributed by atoms with E-state index in [1.165, 1.54) is 11.2 Å². The highest BCUT2D eigenvalue weighted by Crippen LogP contribution is 2.46. The minimum Gasteiger partial charge on any atom is -0.282 e. The number of H-pyrrole nitrogens is 1. The van der Waals surface area contributed by atoms with Crippen molar-refractivity contribution in [3.05, 3.63) is 12.2 Å². The number of aromatic nitrogens is 3. The van der Waals surface area contributed by atoms with E-state index >= 15 is 0 Å². The zero-order chi connectivity index (χ0) is 13.3. The maximum atomic E-state index is 12.4. The summed E-state index contributed by atoms with van der Waals surface area (Å²) in [7, 11) is 0. The second-order valence-corrected chi connectivity index (χ2v) is 5.55. The smallest absolute Gasteiger partial charge is 0.235 e. The molecule has 0 aromatic carbocycles. The number of amides is 2. The molecule has 6 nitrogen and oxygen atoms in total. The van der Waals surface area contributed by atoms with Crippen LogP contribution in [0, 0.1) is 5.41 Å². The lowest BCUT2D eigenvalue weighted by Crippen LogP contribution is -2.35. The number of aromatic amines is 1. The third kappa shape index (κ3) is 2.15. The molecule has 19 heavy (non-hydrogen) atoms. The molecule has 1 saturated heterocycles. The lowest BCUT2D eigenvalue weighted by Gasteiger charge is -2.20. The van der Waals surface area contributed by atoms with Crippen molar-refractivity contribution in [1.82, 2.24) is 20.1 Å². The van der Waals surface area contributed by atoms with E-state index in [4.69, 9.17) is 0 Å². The van der Waals surface area contributed by atoms with Crippen molar-refractivity contribution in [2.75, 3.05) is 6.54 Å². The molecule has 1 aliphatic carbocycles. The van der Waals surface area contributed by atoms with Gasteiger partial charge in [0.1, 0.15) is 12.2 Å². The third-order valence-corrected chi connectivity index (χ3v) is 4.31. The maximum Gasteiger partial charge on any atom is 0.235 e. The Balaban J connectivity index is 1.59. The highest BCUT2D eigenvalue weighted by molar-refractivity contribution is 6.06. The summed E-state index contributed by atoms with van der Waals surface area (Å²) in [4.78, 5) is 29.9. The van der Waals surface area contributed by atoms with E-state index in [0.29, 0.717) is 19.4 Å². The van der Waals surface area contributed by atoms with Crippen molar-refractivity contribution in [2.45, 2.75) is 44.9 Å². The molecule has 0 atom stereocenters. The summed E-state index contributed by atoms with van der Waals surface area (Å²) in [5.41, 5.74) is -0.344. The molecule has 3 rings (SSSR count). The molecule has 2 amide bonds. The number of carbonyl (C=O) groups is 2. The fourth-order valence-electron chi connectivity index (χ4n) is 3.28. The largest absolute Gasteiger partial charge is 0.282 e. The fourth-order valence-corrected chi connectivity index (χ4v) is 3.28. The standard InChI is InChI=1S/C13H18N4O2/c18-11-8-13(5-1-2-6-13)12(19)17(11)7-3-4-10-14-9-15-16-10/h9H,1-8H2,(H,14,15,16). The molecule has 1 aliphatic heterocycles. The average Bonchev–Trinajstić information content (AvgIpc) is 3.08. The summed E-state index contributed by atoms with van der Waals surface area (Å²) in [5.74, 6) is 0.867. The van der Waals surface area contributed by atoms with Crippen molar-refractivity contribution >= 4 is 11.8 Å². The first-order chi connectivity index (χ1) is 9.21. The van der Waals surface area contributed by atoms with Crippen LogP contribution in [0.1, 0.15) is 44.3 Å². The lowest BCUT2D eigenvalue weighted by atomic mass is 9.84. The summed E-state index contributed by atoms with van der Waals surface area (Å²) in [6.07, 6.45) is 7.26. The summed E-state index contributed by atoms with van der Waals surface area (Å²) >= 11 is 0. The van der Waals surface area contributed by atoms with Gasteiger partial charge in [0.05, 0.1) is 5.41 Å². The molecule has 1 aromatic rings. The van der Waals surface area contributed by atoms with Gasteiger partial charge in [0.2, 0.25) is 11.8 Å². The van der Waals surface area contributed by atoms with Gasteiger partial charge in [-0.3, -0.25) is 19.6 Å². The van der Waals surface area contributed by atoms with Crippen molar-refractivity contribution in [2.24, 2.45) is 5.41 Å². The van der Waals surface area contributed by atoms with Crippen LogP contribution < -0.4 is 0 Å². The normalized spacial score (nSPS) is 21.8. The number of nitrogens with one attached hydrogen (secondary N) is 1. The second kappa shape index (κ2) is 4.75. The highest BCUT2D eigenvalue weighted by atomic mass is 16.2. The topological polar surface area (TPSA) is 79.0 Å². The third-order valence-electron chi connectivity index (χ3n) is 4.31. The minimum absolute atomic E-state index is 0.00414. The zero-order valence-corrected chi connectivity index (χ0v) is 10.9. The Hall–Kier alpha value is -1.72. The van der Waals surface area contributed by atoms with Crippen molar-refractivity contribution in [3.8, 4) is 0 Å². The molecular weight excluding hydrogens is 244 g/mol. The van der Waals surface area contributed by atoms with Gasteiger partial charge in [0.15, 0.2) is 0 Å². The maximum absolute atomic E-state index is 12.4. The van der Waals surface area contributed by atoms with Gasteiger partial charge in [0.25, 0.3) is 0 Å². The molecule has 0 unspecified atom stereocenters. The number of carbonyl (C=O) groups excluding carboxylic acids is 2. The molecule has 2 fully saturated rings. The van der Waals surface area contributed by atoms with Gasteiger partial charge in [0, 0.05) is 19.4 Å². The van der Waals surface area contributed by atoms with E-state index in [9.17, 15) is 9.59 Å². The number of likely N-dealkylation sites (tertiary alicyclic amines) is 1. The lowest BCUT2D eigenvalue weighted by molar-refractivity contribution is -0.141. The predicted molar refractivity (Wildman–Crippen MR) is 66.9 cm³/mol. The van der Waals surface area contributed by atoms with Crippen LogP contribution in [0.3, 0.4) is 0 Å². The van der Waals surface area contributed by atoms with Crippen LogP contribution in [0.15, 0.2) is 6.33 Å². The van der Waals surface area contributed by atoms with Gasteiger partial charge in [-0.25, -0.2) is 4.98 Å². The molecular formula is C13H18N4O2. The Morgan fingerprint density at radius 3 is 2.79 bits per heavy atom. The van der Waals surface area contributed by atoms with Crippen LogP contribution in [-0.4, -0.2) is 38.4 Å². The quantitative estimate of drug-likeness (QED) is 0.823. The Kier molecular flexibility index (Phi) is 3.08. The molecule has 1 aromatic heterocycles. The minimum atomic E-state index is -0.344. The first-order valence-corrected chi connectivity index (χ1v) is 6.90. The molecule has 1 saturated carbocycles. The van der Waals surface area contributed by atoms with E-state index in [0.717, 1.165) is 37.9 Å². The van der Waals surface area contributed by atoms with Gasteiger partial charge >= 0.3 is 0 Å². The second-order valence-electron chi connectivity index (χ2n) is 5.55. The first-order valence-electron chi connectivity index (χ1n) is 6.90. The van der Waals surface area contributed by atoms with Gasteiger partial charge in [-0.1, -0.05) is 12.8 Å². The Labute approximate surface area is 111 Å². The highest BCUT2D eigenvalue weighted by Gasteiger charge is 2.52. The molecule has 1 spiro atoms. The Morgan fingerprint density at radius 2 is 2.11 bits per heavy atom. The number of rotatable bonds is 4. The molecule has 0 radical (unpaired) electrons. The van der Waals surface area contributed by atoms with E-state index in [2.05, 4.69) is 15.2 Å². The van der Waals surface area contributed by atoms with Crippen LogP contribution in [-0.2, 0) is 16.0 Å². The number of imide groups is 1. The molecule has 6 heteroatoms. The van der Waals surface area contributed by atoms with Crippen LogP contribution >= 0.6 is 0 Å². The number of hydrogen-bond acceptors (Lipinski definition) is 4. The fraction of sp³-hybridized carbons (Fsp3) is 0.692. The summed E-state index contributed by atoms with van der Waals surface area (Å²) in [5, 5.41) is 6.56. The number of hydrogen-bond donors (Lipinski definition) is 1. The van der Waals surface area contributed by atoms with Crippen molar-refractivity contribution < 1.29 is 9.59 Å². The number of nitrogens with zero attached hydrogens (tertiary/aromatic N) is 3. The average molecular weight is 262 g/mol. The molecule has 102 valence electrons. The summed E-state index contributed by atoms with van der Waals surface area (Å²) in [6, 6.07) is 0. The Bertz CT molecular complexity index is 477. The van der Waals surface area contributed by atoms with Gasteiger partial charge in [-0.15, -0.1) is 0 Å². The summed E-state index contributed by atoms with van der Waals surface area (Å²) in [6.45, 7) is 0.500. The predicted octanol–water partition coefficient (Wildman–Crippen LogP) is 1.06. The first kappa shape index (κ1) is 12.3. The number of aryl methyl sites for hydroxylation is 1. The van der Waals surface area contributed by atoms with Gasteiger partial charge in [-0.2, -0.15) is 5.10 Å². The van der Waals surface area contributed by atoms with E-state index in [1.807, 2.05) is 0 Å². The van der Waals surface area contributed by atoms with Crippen LogP contribution in [0.5, 0.6) is 0 Å².